The van der Waals surface area contributed by atoms with Crippen molar-refractivity contribution in [3.05, 3.63) is 53.5 Å². The van der Waals surface area contributed by atoms with Gasteiger partial charge in [-0.2, -0.15) is 5.10 Å². The number of furan rings is 1. The Morgan fingerprint density at radius 2 is 2.04 bits per heavy atom. The summed E-state index contributed by atoms with van der Waals surface area (Å²) in [6.45, 7) is 6.73. The maximum atomic E-state index is 11.8. The third-order valence-electron chi connectivity index (χ3n) is 3.51. The molecule has 2 N–H and O–H groups in total. The van der Waals surface area contributed by atoms with Gasteiger partial charge in [0.1, 0.15) is 11.6 Å². The Bertz CT molecular complexity index is 869. The monoisotopic (exact) mass is 340 g/mol. The van der Waals surface area contributed by atoms with Crippen molar-refractivity contribution in [2.24, 2.45) is 0 Å². The molecule has 130 valence electrons. The molecule has 0 aliphatic rings. The summed E-state index contributed by atoms with van der Waals surface area (Å²) >= 11 is 0. The molecule has 0 aromatic carbocycles. The zero-order valence-corrected chi connectivity index (χ0v) is 14.4. The van der Waals surface area contributed by atoms with Crippen LogP contribution in [0.2, 0.25) is 0 Å². The third kappa shape index (κ3) is 4.03. The molecule has 0 aliphatic heterocycles. The lowest BCUT2D eigenvalue weighted by molar-refractivity contribution is 0.0927. The minimum atomic E-state index is -0.242. The Labute approximate surface area is 145 Å². The molecule has 0 spiro atoms. The van der Waals surface area contributed by atoms with Gasteiger partial charge in [-0.15, -0.1) is 0 Å². The van der Waals surface area contributed by atoms with Gasteiger partial charge in [-0.1, -0.05) is 0 Å². The molecule has 8 heteroatoms. The Kier molecular flexibility index (Phi) is 4.78. The molecule has 0 fully saturated rings. The highest BCUT2D eigenvalue weighted by Crippen LogP contribution is 2.13. The molecule has 0 radical (unpaired) electrons. The van der Waals surface area contributed by atoms with Crippen molar-refractivity contribution in [2.45, 2.75) is 20.8 Å². The molecule has 0 saturated heterocycles. The van der Waals surface area contributed by atoms with Crippen molar-refractivity contribution in [3.8, 4) is 5.82 Å². The van der Waals surface area contributed by atoms with E-state index < -0.39 is 0 Å². The van der Waals surface area contributed by atoms with Crippen LogP contribution >= 0.6 is 0 Å². The van der Waals surface area contributed by atoms with E-state index in [1.54, 1.807) is 16.8 Å². The van der Waals surface area contributed by atoms with Crippen LogP contribution in [-0.4, -0.2) is 38.7 Å². The number of amides is 1. The fourth-order valence-electron chi connectivity index (χ4n) is 2.47. The molecule has 3 aromatic heterocycles. The van der Waals surface area contributed by atoms with E-state index >= 15 is 0 Å². The van der Waals surface area contributed by atoms with Gasteiger partial charge >= 0.3 is 0 Å². The van der Waals surface area contributed by atoms with Crippen LogP contribution in [0.3, 0.4) is 0 Å². The number of nitrogens with one attached hydrogen (secondary N) is 2. The molecular formula is C17H20N6O2. The van der Waals surface area contributed by atoms with Gasteiger partial charge in [0.05, 0.1) is 12.0 Å². The Hall–Kier alpha value is -3.16. The lowest BCUT2D eigenvalue weighted by Crippen LogP contribution is -2.28. The van der Waals surface area contributed by atoms with Gasteiger partial charge in [-0.05, 0) is 39.0 Å². The molecule has 0 aliphatic carbocycles. The summed E-state index contributed by atoms with van der Waals surface area (Å²) in [7, 11) is 0. The van der Waals surface area contributed by atoms with Crippen molar-refractivity contribution >= 4 is 11.7 Å². The van der Waals surface area contributed by atoms with E-state index in [4.69, 9.17) is 4.42 Å². The molecule has 25 heavy (non-hydrogen) atoms. The summed E-state index contributed by atoms with van der Waals surface area (Å²) in [6.07, 6.45) is 1.47. The van der Waals surface area contributed by atoms with Gasteiger partial charge < -0.3 is 15.1 Å². The zero-order chi connectivity index (χ0) is 17.8. The van der Waals surface area contributed by atoms with Crippen molar-refractivity contribution in [1.82, 2.24) is 25.1 Å². The summed E-state index contributed by atoms with van der Waals surface area (Å²) in [5.74, 6) is 2.09. The molecule has 3 aromatic rings. The number of aromatic nitrogens is 4. The van der Waals surface area contributed by atoms with E-state index in [-0.39, 0.29) is 5.91 Å². The Morgan fingerprint density at radius 3 is 2.72 bits per heavy atom. The van der Waals surface area contributed by atoms with E-state index in [2.05, 4.69) is 25.7 Å². The van der Waals surface area contributed by atoms with Crippen LogP contribution in [0.1, 0.15) is 27.8 Å². The second-order valence-electron chi connectivity index (χ2n) is 5.66. The minimum absolute atomic E-state index is 0.242. The van der Waals surface area contributed by atoms with Gasteiger partial charge in [0.2, 0.25) is 0 Å². The highest BCUT2D eigenvalue weighted by atomic mass is 16.3. The zero-order valence-electron chi connectivity index (χ0n) is 14.4. The predicted molar refractivity (Wildman–Crippen MR) is 92.9 cm³/mol. The largest absolute Gasteiger partial charge is 0.459 e. The van der Waals surface area contributed by atoms with Gasteiger partial charge in [0.15, 0.2) is 11.6 Å². The Balaban J connectivity index is 1.61. The lowest BCUT2D eigenvalue weighted by atomic mass is 10.4. The molecular weight excluding hydrogens is 320 g/mol. The average molecular weight is 340 g/mol. The molecule has 3 heterocycles. The summed E-state index contributed by atoms with van der Waals surface area (Å²) in [5, 5.41) is 10.4. The first kappa shape index (κ1) is 16.7. The van der Waals surface area contributed by atoms with Gasteiger partial charge in [-0.3, -0.25) is 4.79 Å². The lowest BCUT2D eigenvalue weighted by Gasteiger charge is -2.10. The van der Waals surface area contributed by atoms with Gasteiger partial charge in [0.25, 0.3) is 5.91 Å². The first-order valence-corrected chi connectivity index (χ1v) is 7.98. The van der Waals surface area contributed by atoms with Crippen LogP contribution in [0.5, 0.6) is 0 Å². The average Bonchev–Trinajstić information content (AvgIpc) is 3.20. The van der Waals surface area contributed by atoms with E-state index in [0.29, 0.717) is 36.3 Å². The topological polar surface area (TPSA) is 97.9 Å². The van der Waals surface area contributed by atoms with E-state index in [1.807, 2.05) is 32.9 Å². The van der Waals surface area contributed by atoms with E-state index in [1.165, 1.54) is 6.26 Å². The number of hydrogen-bond donors (Lipinski definition) is 2. The van der Waals surface area contributed by atoms with Crippen molar-refractivity contribution in [2.75, 3.05) is 18.4 Å². The number of carbonyl (C=O) groups excluding carboxylic acids is 1. The molecule has 8 nitrogen and oxygen atoms in total. The van der Waals surface area contributed by atoms with Crippen LogP contribution in [0.25, 0.3) is 5.82 Å². The normalized spacial score (nSPS) is 10.7. The maximum Gasteiger partial charge on any atom is 0.287 e. The maximum absolute atomic E-state index is 11.8. The molecule has 0 saturated carbocycles. The van der Waals surface area contributed by atoms with Crippen LogP contribution in [0.4, 0.5) is 5.82 Å². The van der Waals surface area contributed by atoms with Crippen LogP contribution < -0.4 is 10.6 Å². The van der Waals surface area contributed by atoms with Crippen molar-refractivity contribution in [3.63, 3.8) is 0 Å². The number of hydrogen-bond acceptors (Lipinski definition) is 6. The molecule has 0 unspecified atom stereocenters. The number of aryl methyl sites for hydroxylation is 3. The number of rotatable bonds is 6. The van der Waals surface area contributed by atoms with Crippen LogP contribution in [0.15, 0.2) is 34.9 Å². The first-order chi connectivity index (χ1) is 12.0. The standard InChI is InChI=1S/C17H20N6O2/c1-11-9-12(2)23(22-11)16-10-15(20-13(3)21-16)18-6-7-19-17(24)14-5-4-8-25-14/h4-5,8-10H,6-7H2,1-3H3,(H,19,24)(H,18,20,21). The number of anilines is 1. The van der Waals surface area contributed by atoms with Gasteiger partial charge in [-0.25, -0.2) is 14.6 Å². The molecule has 0 bridgehead atoms. The summed E-state index contributed by atoms with van der Waals surface area (Å²) < 4.78 is 6.83. The second kappa shape index (κ2) is 7.16. The highest BCUT2D eigenvalue weighted by molar-refractivity contribution is 5.91. The molecule has 3 rings (SSSR count). The fourth-order valence-corrected chi connectivity index (χ4v) is 2.47. The quantitative estimate of drug-likeness (QED) is 0.666. The summed E-state index contributed by atoms with van der Waals surface area (Å²) in [6, 6.07) is 7.13. The number of carbonyl (C=O) groups is 1. The van der Waals surface area contributed by atoms with Gasteiger partial charge in [0, 0.05) is 24.8 Å². The molecule has 0 atom stereocenters. The second-order valence-corrected chi connectivity index (χ2v) is 5.66. The number of nitrogens with zero attached hydrogens (tertiary/aromatic N) is 4. The first-order valence-electron chi connectivity index (χ1n) is 7.98. The Morgan fingerprint density at radius 1 is 1.20 bits per heavy atom. The SMILES string of the molecule is Cc1cc(C)n(-c2cc(NCCNC(=O)c3ccco3)nc(C)n2)n1. The van der Waals surface area contributed by atoms with Crippen LogP contribution in [-0.2, 0) is 0 Å². The molecule has 1 amide bonds. The summed E-state index contributed by atoms with van der Waals surface area (Å²) in [5.41, 5.74) is 1.94. The fraction of sp³-hybridized carbons (Fsp3) is 0.294. The van der Waals surface area contributed by atoms with Crippen LogP contribution in [0, 0.1) is 20.8 Å². The van der Waals surface area contributed by atoms with Crippen molar-refractivity contribution < 1.29 is 9.21 Å². The highest BCUT2D eigenvalue weighted by Gasteiger charge is 2.09. The van der Waals surface area contributed by atoms with E-state index in [0.717, 1.165) is 11.4 Å². The van der Waals surface area contributed by atoms with Crippen molar-refractivity contribution in [1.29, 1.82) is 0 Å². The smallest absolute Gasteiger partial charge is 0.287 e. The third-order valence-corrected chi connectivity index (χ3v) is 3.51. The van der Waals surface area contributed by atoms with E-state index in [9.17, 15) is 4.79 Å². The summed E-state index contributed by atoms with van der Waals surface area (Å²) in [4.78, 5) is 20.6. The predicted octanol–water partition coefficient (Wildman–Crippen LogP) is 2.02. The minimum Gasteiger partial charge on any atom is -0.459 e.